The van der Waals surface area contributed by atoms with E-state index in [1.54, 1.807) is 30.3 Å². The average molecular weight is 470 g/mol. The molecule has 2 amide bonds. The molecule has 2 aliphatic rings. The molecule has 33 heavy (non-hydrogen) atoms. The first-order chi connectivity index (χ1) is 15.9. The van der Waals surface area contributed by atoms with Crippen LogP contribution in [0.25, 0.3) is 0 Å². The van der Waals surface area contributed by atoms with Crippen LogP contribution in [0.3, 0.4) is 0 Å². The van der Waals surface area contributed by atoms with E-state index in [0.29, 0.717) is 25.9 Å². The van der Waals surface area contributed by atoms with Gasteiger partial charge in [0.15, 0.2) is 0 Å². The predicted octanol–water partition coefficient (Wildman–Crippen LogP) is 2.79. The van der Waals surface area contributed by atoms with Gasteiger partial charge in [0.25, 0.3) is 0 Å². The molecule has 0 aromatic heterocycles. The van der Waals surface area contributed by atoms with Crippen molar-refractivity contribution in [3.05, 3.63) is 65.7 Å². The van der Waals surface area contributed by atoms with Crippen LogP contribution in [-0.4, -0.2) is 44.2 Å². The van der Waals surface area contributed by atoms with Crippen molar-refractivity contribution >= 4 is 21.8 Å². The van der Waals surface area contributed by atoms with Gasteiger partial charge in [-0.15, -0.1) is 0 Å². The lowest BCUT2D eigenvalue weighted by atomic mass is 9.87. The number of carbonyl (C=O) groups excluding carboxylic acids is 2. The largest absolute Gasteiger partial charge is 0.355 e. The standard InChI is InChI=1S/C25H31N3O4S/c29-24(27-23-12-6-8-19-7-4-5-11-22(19)23)13-16-26-25(30)20-14-17-28(18-15-20)33(31,32)21-9-2-1-3-10-21/h1-5,7,9-11,20,23H,6,8,12-18H2,(H,26,30)(H,27,29). The van der Waals surface area contributed by atoms with Crippen molar-refractivity contribution in [1.82, 2.24) is 14.9 Å². The van der Waals surface area contributed by atoms with Gasteiger partial charge in [-0.1, -0.05) is 42.5 Å². The van der Waals surface area contributed by atoms with Gasteiger partial charge in [-0.3, -0.25) is 9.59 Å². The number of nitrogens with zero attached hydrogens (tertiary/aromatic N) is 1. The number of carbonyl (C=O) groups is 2. The van der Waals surface area contributed by atoms with E-state index in [1.165, 1.54) is 15.4 Å². The molecule has 1 fully saturated rings. The Morgan fingerprint density at radius 1 is 0.939 bits per heavy atom. The molecule has 1 aliphatic carbocycles. The maximum Gasteiger partial charge on any atom is 0.243 e. The fourth-order valence-electron chi connectivity index (χ4n) is 4.71. The van der Waals surface area contributed by atoms with Crippen molar-refractivity contribution in [3.8, 4) is 0 Å². The van der Waals surface area contributed by atoms with Crippen LogP contribution in [0.4, 0.5) is 0 Å². The van der Waals surface area contributed by atoms with Gasteiger partial charge in [-0.25, -0.2) is 8.42 Å². The second-order valence-corrected chi connectivity index (χ2v) is 10.7. The summed E-state index contributed by atoms with van der Waals surface area (Å²) in [6.07, 6.45) is 4.21. The maximum absolute atomic E-state index is 12.7. The molecule has 7 nitrogen and oxygen atoms in total. The Morgan fingerprint density at radius 2 is 1.64 bits per heavy atom. The van der Waals surface area contributed by atoms with Gasteiger partial charge in [0, 0.05) is 32.0 Å². The summed E-state index contributed by atoms with van der Waals surface area (Å²) >= 11 is 0. The molecular formula is C25H31N3O4S. The third kappa shape index (κ3) is 5.62. The molecule has 4 rings (SSSR count). The van der Waals surface area contributed by atoms with Crippen molar-refractivity contribution < 1.29 is 18.0 Å². The zero-order valence-electron chi connectivity index (χ0n) is 18.7. The minimum Gasteiger partial charge on any atom is -0.355 e. The summed E-state index contributed by atoms with van der Waals surface area (Å²) in [5, 5.41) is 5.96. The predicted molar refractivity (Wildman–Crippen MR) is 126 cm³/mol. The van der Waals surface area contributed by atoms with Crippen LogP contribution in [0, 0.1) is 5.92 Å². The molecule has 0 spiro atoms. The van der Waals surface area contributed by atoms with Crippen molar-refractivity contribution in [2.45, 2.75) is 49.5 Å². The number of sulfonamides is 1. The summed E-state index contributed by atoms with van der Waals surface area (Å²) in [6, 6.07) is 16.6. The van der Waals surface area contributed by atoms with Gasteiger partial charge in [-0.2, -0.15) is 4.31 Å². The summed E-state index contributed by atoms with van der Waals surface area (Å²) < 4.78 is 26.9. The van der Waals surface area contributed by atoms with Crippen LogP contribution in [0.1, 0.15) is 49.3 Å². The highest BCUT2D eigenvalue weighted by molar-refractivity contribution is 7.89. The Hall–Kier alpha value is -2.71. The van der Waals surface area contributed by atoms with Gasteiger partial charge in [0.1, 0.15) is 0 Å². The molecule has 1 heterocycles. The highest BCUT2D eigenvalue weighted by Gasteiger charge is 2.32. The Kier molecular flexibility index (Phi) is 7.45. The minimum atomic E-state index is -3.53. The normalized spacial score (nSPS) is 19.5. The molecule has 2 aromatic rings. The molecule has 8 heteroatoms. The molecule has 1 aliphatic heterocycles. The number of fused-ring (bicyclic) bond motifs is 1. The highest BCUT2D eigenvalue weighted by atomic mass is 32.2. The van der Waals surface area contributed by atoms with Crippen LogP contribution in [-0.2, 0) is 26.0 Å². The summed E-state index contributed by atoms with van der Waals surface area (Å²) in [4.78, 5) is 25.3. The third-order valence-electron chi connectivity index (χ3n) is 6.56. The fourth-order valence-corrected chi connectivity index (χ4v) is 6.20. The Balaban J connectivity index is 1.20. The molecule has 0 radical (unpaired) electrons. The number of hydrogen-bond donors (Lipinski definition) is 2. The van der Waals surface area contributed by atoms with Gasteiger partial charge in [-0.05, 0) is 55.4 Å². The van der Waals surface area contributed by atoms with E-state index in [-0.39, 0.29) is 41.6 Å². The van der Waals surface area contributed by atoms with E-state index in [2.05, 4.69) is 22.8 Å². The lowest BCUT2D eigenvalue weighted by Gasteiger charge is -2.30. The van der Waals surface area contributed by atoms with Gasteiger partial charge < -0.3 is 10.6 Å². The molecule has 1 unspecified atom stereocenters. The summed E-state index contributed by atoms with van der Waals surface area (Å²) in [6.45, 7) is 0.912. The van der Waals surface area contributed by atoms with Crippen LogP contribution in [0.2, 0.25) is 0 Å². The van der Waals surface area contributed by atoms with Crippen LogP contribution >= 0.6 is 0 Å². The molecule has 0 bridgehead atoms. The van der Waals surface area contributed by atoms with Crippen molar-refractivity contribution in [2.75, 3.05) is 19.6 Å². The van der Waals surface area contributed by atoms with Gasteiger partial charge in [0.05, 0.1) is 10.9 Å². The van der Waals surface area contributed by atoms with E-state index in [1.807, 2.05) is 12.1 Å². The smallest absolute Gasteiger partial charge is 0.243 e. The molecule has 2 aromatic carbocycles. The van der Waals surface area contributed by atoms with E-state index in [4.69, 9.17) is 0 Å². The number of hydrogen-bond acceptors (Lipinski definition) is 4. The number of benzene rings is 2. The lowest BCUT2D eigenvalue weighted by Crippen LogP contribution is -2.43. The average Bonchev–Trinajstić information content (AvgIpc) is 2.85. The van der Waals surface area contributed by atoms with E-state index in [9.17, 15) is 18.0 Å². The fraction of sp³-hybridized carbons (Fsp3) is 0.440. The zero-order chi connectivity index (χ0) is 23.3. The quantitative estimate of drug-likeness (QED) is 0.652. The van der Waals surface area contributed by atoms with Crippen molar-refractivity contribution in [1.29, 1.82) is 0 Å². The van der Waals surface area contributed by atoms with Gasteiger partial charge in [0.2, 0.25) is 21.8 Å². The molecule has 0 saturated carbocycles. The maximum atomic E-state index is 12.7. The van der Waals surface area contributed by atoms with Gasteiger partial charge >= 0.3 is 0 Å². The molecule has 2 N–H and O–H groups in total. The first-order valence-electron chi connectivity index (χ1n) is 11.7. The van der Waals surface area contributed by atoms with E-state index < -0.39 is 10.0 Å². The van der Waals surface area contributed by atoms with E-state index in [0.717, 1.165) is 19.3 Å². The first kappa shape index (κ1) is 23.4. The molecule has 176 valence electrons. The van der Waals surface area contributed by atoms with E-state index >= 15 is 0 Å². The third-order valence-corrected chi connectivity index (χ3v) is 8.47. The van der Waals surface area contributed by atoms with Crippen molar-refractivity contribution in [2.24, 2.45) is 5.92 Å². The number of aryl methyl sites for hydroxylation is 1. The molecule has 1 saturated heterocycles. The van der Waals surface area contributed by atoms with Crippen LogP contribution in [0.5, 0.6) is 0 Å². The van der Waals surface area contributed by atoms with Crippen molar-refractivity contribution in [3.63, 3.8) is 0 Å². The molecule has 1 atom stereocenters. The highest BCUT2D eigenvalue weighted by Crippen LogP contribution is 2.29. The Morgan fingerprint density at radius 3 is 2.39 bits per heavy atom. The second-order valence-electron chi connectivity index (χ2n) is 8.74. The monoisotopic (exact) mass is 469 g/mol. The SMILES string of the molecule is O=C(CCNC(=O)C1CCN(S(=O)(=O)c2ccccc2)CC1)NC1CCCc2ccccc21. The second kappa shape index (κ2) is 10.5. The van der Waals surface area contributed by atoms with Crippen LogP contribution < -0.4 is 10.6 Å². The summed E-state index contributed by atoms with van der Waals surface area (Å²) in [5.41, 5.74) is 2.49. The van der Waals surface area contributed by atoms with Crippen LogP contribution in [0.15, 0.2) is 59.5 Å². The first-order valence-corrected chi connectivity index (χ1v) is 13.1. The number of amides is 2. The lowest BCUT2D eigenvalue weighted by molar-refractivity contribution is -0.126. The summed E-state index contributed by atoms with van der Waals surface area (Å²) in [5.74, 6) is -0.413. The zero-order valence-corrected chi connectivity index (χ0v) is 19.5. The Labute approximate surface area is 195 Å². The summed E-state index contributed by atoms with van der Waals surface area (Å²) in [7, 11) is -3.53. The number of nitrogens with one attached hydrogen (secondary N) is 2. The number of piperidine rings is 1. The minimum absolute atomic E-state index is 0.0362. The topological polar surface area (TPSA) is 95.6 Å². The Bertz CT molecular complexity index is 1080. The number of rotatable bonds is 7. The molecular weight excluding hydrogens is 438 g/mol.